The monoisotopic (exact) mass is 358 g/mol. The molecule has 1 aliphatic carbocycles. The second kappa shape index (κ2) is 8.34. The lowest BCUT2D eigenvalue weighted by Gasteiger charge is -2.35. The molecule has 142 valence electrons. The van der Waals surface area contributed by atoms with Crippen molar-refractivity contribution < 1.29 is 9.18 Å². The Hall–Kier alpha value is -1.68. The third-order valence-corrected chi connectivity index (χ3v) is 5.95. The number of hydrogen-bond acceptors (Lipinski definition) is 2. The van der Waals surface area contributed by atoms with Gasteiger partial charge in [-0.15, -0.1) is 0 Å². The Morgan fingerprint density at radius 3 is 2.58 bits per heavy atom. The molecule has 0 unspecified atom stereocenters. The molecule has 1 saturated heterocycles. The SMILES string of the molecule is CC(C)=CCN1CCC(NC(=O)C2(c3cccc(F)c3)CCCC2)CC1. The van der Waals surface area contributed by atoms with E-state index in [0.29, 0.717) is 0 Å². The molecule has 1 aromatic rings. The summed E-state index contributed by atoms with van der Waals surface area (Å²) in [6.07, 6.45) is 7.94. The van der Waals surface area contributed by atoms with Crippen molar-refractivity contribution in [2.45, 2.75) is 63.8 Å². The highest BCUT2D eigenvalue weighted by Gasteiger charge is 2.43. The molecule has 1 aromatic carbocycles. The van der Waals surface area contributed by atoms with Gasteiger partial charge in [-0.3, -0.25) is 9.69 Å². The zero-order valence-corrected chi connectivity index (χ0v) is 16.1. The zero-order chi connectivity index (χ0) is 18.6. The first-order chi connectivity index (χ1) is 12.5. The minimum absolute atomic E-state index is 0.100. The van der Waals surface area contributed by atoms with Gasteiger partial charge in [0.15, 0.2) is 0 Å². The van der Waals surface area contributed by atoms with E-state index in [1.54, 1.807) is 12.1 Å². The van der Waals surface area contributed by atoms with Gasteiger partial charge in [-0.25, -0.2) is 4.39 Å². The van der Waals surface area contributed by atoms with E-state index < -0.39 is 5.41 Å². The molecule has 1 heterocycles. The largest absolute Gasteiger partial charge is 0.353 e. The topological polar surface area (TPSA) is 32.3 Å². The molecule has 26 heavy (non-hydrogen) atoms. The van der Waals surface area contributed by atoms with E-state index in [2.05, 4.69) is 30.1 Å². The third kappa shape index (κ3) is 4.35. The number of hydrogen-bond donors (Lipinski definition) is 1. The Morgan fingerprint density at radius 1 is 1.27 bits per heavy atom. The highest BCUT2D eigenvalue weighted by Crippen LogP contribution is 2.41. The van der Waals surface area contributed by atoms with Crippen LogP contribution in [0.15, 0.2) is 35.9 Å². The summed E-state index contributed by atoms with van der Waals surface area (Å²) in [6.45, 7) is 7.28. The van der Waals surface area contributed by atoms with Gasteiger partial charge >= 0.3 is 0 Å². The molecule has 0 radical (unpaired) electrons. The molecular formula is C22H31FN2O. The maximum Gasteiger partial charge on any atom is 0.230 e. The smallest absolute Gasteiger partial charge is 0.230 e. The van der Waals surface area contributed by atoms with Crippen LogP contribution in [-0.4, -0.2) is 36.5 Å². The number of amides is 1. The van der Waals surface area contributed by atoms with E-state index in [0.717, 1.165) is 63.7 Å². The molecule has 0 bridgehead atoms. The van der Waals surface area contributed by atoms with Gasteiger partial charge in [0.05, 0.1) is 5.41 Å². The minimum Gasteiger partial charge on any atom is -0.353 e. The number of benzene rings is 1. The number of halogens is 1. The predicted molar refractivity (Wildman–Crippen MR) is 104 cm³/mol. The number of carbonyl (C=O) groups excluding carboxylic acids is 1. The number of likely N-dealkylation sites (tertiary alicyclic amines) is 1. The minimum atomic E-state index is -0.540. The van der Waals surface area contributed by atoms with Crippen LogP contribution in [0.25, 0.3) is 0 Å². The summed E-state index contributed by atoms with van der Waals surface area (Å²) < 4.78 is 13.7. The maximum absolute atomic E-state index is 13.7. The quantitative estimate of drug-likeness (QED) is 0.801. The van der Waals surface area contributed by atoms with Crippen LogP contribution in [0.5, 0.6) is 0 Å². The summed E-state index contributed by atoms with van der Waals surface area (Å²) in [7, 11) is 0. The Bertz CT molecular complexity index is 652. The molecule has 0 spiro atoms. The van der Waals surface area contributed by atoms with Gasteiger partial charge in [-0.1, -0.05) is 36.6 Å². The van der Waals surface area contributed by atoms with Crippen LogP contribution in [-0.2, 0) is 10.2 Å². The second-order valence-electron chi connectivity index (χ2n) is 8.13. The van der Waals surface area contributed by atoms with Crippen molar-refractivity contribution in [2.75, 3.05) is 19.6 Å². The summed E-state index contributed by atoms with van der Waals surface area (Å²) in [5, 5.41) is 3.30. The van der Waals surface area contributed by atoms with Gasteiger partial charge in [0.2, 0.25) is 5.91 Å². The van der Waals surface area contributed by atoms with Gasteiger partial charge in [0, 0.05) is 25.7 Å². The first kappa shape index (κ1) is 19.1. The first-order valence-electron chi connectivity index (χ1n) is 9.92. The van der Waals surface area contributed by atoms with Crippen LogP contribution in [0.1, 0.15) is 57.9 Å². The van der Waals surface area contributed by atoms with Crippen LogP contribution < -0.4 is 5.32 Å². The molecule has 4 heteroatoms. The Kier molecular flexibility index (Phi) is 6.13. The van der Waals surface area contributed by atoms with Gasteiger partial charge in [0.25, 0.3) is 0 Å². The Morgan fingerprint density at radius 2 is 1.96 bits per heavy atom. The van der Waals surface area contributed by atoms with Crippen LogP contribution in [0.4, 0.5) is 4.39 Å². The molecule has 2 aliphatic rings. The number of piperidine rings is 1. The van der Waals surface area contributed by atoms with Crippen molar-refractivity contribution in [3.8, 4) is 0 Å². The lowest BCUT2D eigenvalue weighted by atomic mass is 9.77. The summed E-state index contributed by atoms with van der Waals surface area (Å²) in [6, 6.07) is 6.87. The second-order valence-corrected chi connectivity index (χ2v) is 8.13. The van der Waals surface area contributed by atoms with Crippen LogP contribution >= 0.6 is 0 Å². The van der Waals surface area contributed by atoms with Crippen LogP contribution in [0.3, 0.4) is 0 Å². The van der Waals surface area contributed by atoms with Crippen molar-refractivity contribution in [2.24, 2.45) is 0 Å². The summed E-state index contributed by atoms with van der Waals surface area (Å²) in [4.78, 5) is 15.6. The Labute approximate surface area is 156 Å². The fraction of sp³-hybridized carbons (Fsp3) is 0.591. The van der Waals surface area contributed by atoms with Gasteiger partial charge in [0.1, 0.15) is 5.82 Å². The van der Waals surface area contributed by atoms with E-state index in [4.69, 9.17) is 0 Å². The van der Waals surface area contributed by atoms with Crippen molar-refractivity contribution in [3.63, 3.8) is 0 Å². The summed E-state index contributed by atoms with van der Waals surface area (Å²) in [5.41, 5.74) is 1.65. The van der Waals surface area contributed by atoms with E-state index >= 15 is 0 Å². The van der Waals surface area contributed by atoms with E-state index in [1.807, 2.05) is 6.07 Å². The fourth-order valence-corrected chi connectivity index (χ4v) is 4.31. The summed E-state index contributed by atoms with van der Waals surface area (Å²) in [5.74, 6) is -0.155. The standard InChI is InChI=1S/C22H31FN2O/c1-17(2)8-13-25-14-9-20(10-15-25)24-21(26)22(11-3-4-12-22)18-6-5-7-19(23)16-18/h5-8,16,20H,3-4,9-15H2,1-2H3,(H,24,26). The highest BCUT2D eigenvalue weighted by atomic mass is 19.1. The molecule has 0 atom stereocenters. The van der Waals surface area contributed by atoms with E-state index in [-0.39, 0.29) is 17.8 Å². The summed E-state index contributed by atoms with van der Waals surface area (Å²) >= 11 is 0. The zero-order valence-electron chi connectivity index (χ0n) is 16.1. The van der Waals surface area contributed by atoms with Crippen molar-refractivity contribution >= 4 is 5.91 Å². The third-order valence-electron chi connectivity index (χ3n) is 5.95. The van der Waals surface area contributed by atoms with Crippen molar-refractivity contribution in [1.82, 2.24) is 10.2 Å². The lowest BCUT2D eigenvalue weighted by molar-refractivity contribution is -0.127. The van der Waals surface area contributed by atoms with E-state index in [1.165, 1.54) is 11.6 Å². The molecule has 3 nitrogen and oxygen atoms in total. The average Bonchev–Trinajstić information content (AvgIpc) is 3.12. The molecule has 0 aromatic heterocycles. The molecule has 1 saturated carbocycles. The average molecular weight is 359 g/mol. The lowest BCUT2D eigenvalue weighted by Crippen LogP contribution is -2.50. The van der Waals surface area contributed by atoms with Gasteiger partial charge in [-0.2, -0.15) is 0 Å². The molecule has 1 aliphatic heterocycles. The van der Waals surface area contributed by atoms with Gasteiger partial charge < -0.3 is 5.32 Å². The predicted octanol–water partition coefficient (Wildman–Crippen LogP) is 4.18. The molecule has 3 rings (SSSR count). The number of allylic oxidation sites excluding steroid dienone is 1. The maximum atomic E-state index is 13.7. The Balaban J connectivity index is 1.62. The fourth-order valence-electron chi connectivity index (χ4n) is 4.31. The van der Waals surface area contributed by atoms with Crippen LogP contribution in [0.2, 0.25) is 0 Å². The first-order valence-corrected chi connectivity index (χ1v) is 9.92. The number of carbonyl (C=O) groups is 1. The molecule has 1 amide bonds. The van der Waals surface area contributed by atoms with Crippen molar-refractivity contribution in [3.05, 3.63) is 47.3 Å². The number of nitrogens with one attached hydrogen (secondary N) is 1. The highest BCUT2D eigenvalue weighted by molar-refractivity contribution is 5.88. The number of rotatable bonds is 5. The van der Waals surface area contributed by atoms with Gasteiger partial charge in [-0.05, 0) is 57.2 Å². The molecular weight excluding hydrogens is 327 g/mol. The normalized spacial score (nSPS) is 20.7. The van der Waals surface area contributed by atoms with Crippen molar-refractivity contribution in [1.29, 1.82) is 0 Å². The number of nitrogens with zero attached hydrogens (tertiary/aromatic N) is 1. The molecule has 1 N–H and O–H groups in total. The van der Waals surface area contributed by atoms with E-state index in [9.17, 15) is 9.18 Å². The molecule has 2 fully saturated rings. The van der Waals surface area contributed by atoms with Crippen LogP contribution in [0, 0.1) is 5.82 Å².